The molecule has 1 amide bonds. The van der Waals surface area contributed by atoms with Gasteiger partial charge in [0.15, 0.2) is 0 Å². The van der Waals surface area contributed by atoms with E-state index in [1.807, 2.05) is 37.8 Å². The van der Waals surface area contributed by atoms with Crippen molar-refractivity contribution in [1.29, 1.82) is 0 Å². The molecule has 0 saturated carbocycles. The fourth-order valence-electron chi connectivity index (χ4n) is 2.70. The molecule has 2 rings (SSSR count). The molecule has 0 spiro atoms. The molecule has 23 heavy (non-hydrogen) atoms. The molecule has 1 unspecified atom stereocenters. The first-order valence-corrected chi connectivity index (χ1v) is 8.65. The van der Waals surface area contributed by atoms with Crippen molar-refractivity contribution in [2.24, 2.45) is 0 Å². The quantitative estimate of drug-likeness (QED) is 0.862. The first-order valence-electron chi connectivity index (χ1n) is 7.90. The van der Waals surface area contributed by atoms with Gasteiger partial charge in [0.25, 0.3) is 0 Å². The van der Waals surface area contributed by atoms with E-state index in [4.69, 9.17) is 27.9 Å². The second-order valence-electron chi connectivity index (χ2n) is 6.88. The molecule has 0 radical (unpaired) electrons. The van der Waals surface area contributed by atoms with E-state index in [1.165, 1.54) is 0 Å². The van der Waals surface area contributed by atoms with Crippen LogP contribution in [-0.2, 0) is 11.3 Å². The summed E-state index contributed by atoms with van der Waals surface area (Å²) in [5.74, 6) is 0. The Morgan fingerprint density at radius 3 is 2.57 bits per heavy atom. The molecular formula is C17H24Cl2N2O2. The lowest BCUT2D eigenvalue weighted by Crippen LogP contribution is -2.44. The SMILES string of the molecule is CC(C)(C)OC(=O)N1CCCC1CNCc1cc(Cl)cc(Cl)c1. The number of carbonyl (C=O) groups is 1. The highest BCUT2D eigenvalue weighted by Crippen LogP contribution is 2.21. The number of hydrogen-bond donors (Lipinski definition) is 1. The van der Waals surface area contributed by atoms with Crippen LogP contribution in [0.2, 0.25) is 10.0 Å². The zero-order valence-corrected chi connectivity index (χ0v) is 15.4. The van der Waals surface area contributed by atoms with Gasteiger partial charge in [0.2, 0.25) is 0 Å². The zero-order chi connectivity index (χ0) is 17.0. The molecule has 4 nitrogen and oxygen atoms in total. The third-order valence-corrected chi connectivity index (χ3v) is 4.07. The average Bonchev–Trinajstić information content (AvgIpc) is 2.84. The molecule has 1 N–H and O–H groups in total. The van der Waals surface area contributed by atoms with Crippen molar-refractivity contribution in [3.63, 3.8) is 0 Å². The van der Waals surface area contributed by atoms with Crippen LogP contribution in [0.3, 0.4) is 0 Å². The Morgan fingerprint density at radius 1 is 1.30 bits per heavy atom. The van der Waals surface area contributed by atoms with E-state index < -0.39 is 5.60 Å². The highest BCUT2D eigenvalue weighted by atomic mass is 35.5. The summed E-state index contributed by atoms with van der Waals surface area (Å²) < 4.78 is 5.47. The summed E-state index contributed by atoms with van der Waals surface area (Å²) in [6, 6.07) is 5.66. The molecule has 1 aliphatic rings. The minimum atomic E-state index is -0.463. The number of halogens is 2. The van der Waals surface area contributed by atoms with E-state index in [0.717, 1.165) is 31.5 Å². The van der Waals surface area contributed by atoms with Gasteiger partial charge in [-0.05, 0) is 57.4 Å². The van der Waals surface area contributed by atoms with Crippen molar-refractivity contribution < 1.29 is 9.53 Å². The summed E-state index contributed by atoms with van der Waals surface area (Å²) in [4.78, 5) is 14.1. The lowest BCUT2D eigenvalue weighted by molar-refractivity contribution is 0.0226. The van der Waals surface area contributed by atoms with Crippen LogP contribution in [0.4, 0.5) is 4.79 Å². The van der Waals surface area contributed by atoms with Crippen molar-refractivity contribution in [3.05, 3.63) is 33.8 Å². The molecule has 128 valence electrons. The number of ether oxygens (including phenoxy) is 1. The number of nitrogens with one attached hydrogen (secondary N) is 1. The van der Waals surface area contributed by atoms with E-state index in [-0.39, 0.29) is 12.1 Å². The van der Waals surface area contributed by atoms with Crippen molar-refractivity contribution in [1.82, 2.24) is 10.2 Å². The van der Waals surface area contributed by atoms with Gasteiger partial charge in [-0.3, -0.25) is 0 Å². The molecular weight excluding hydrogens is 335 g/mol. The Hall–Kier alpha value is -0.970. The summed E-state index contributed by atoms with van der Waals surface area (Å²) in [5, 5.41) is 4.64. The lowest BCUT2D eigenvalue weighted by atomic mass is 10.2. The number of hydrogen-bond acceptors (Lipinski definition) is 3. The van der Waals surface area contributed by atoms with Gasteiger partial charge in [-0.15, -0.1) is 0 Å². The van der Waals surface area contributed by atoms with Gasteiger partial charge in [0.1, 0.15) is 5.60 Å². The molecule has 6 heteroatoms. The summed E-state index contributed by atoms with van der Waals surface area (Å²) in [6.45, 7) is 7.80. The number of likely N-dealkylation sites (tertiary alicyclic amines) is 1. The summed E-state index contributed by atoms with van der Waals surface area (Å²) in [6.07, 6.45) is 1.77. The van der Waals surface area contributed by atoms with Crippen LogP contribution in [-0.4, -0.2) is 35.7 Å². The van der Waals surface area contributed by atoms with Crippen molar-refractivity contribution in [2.45, 2.75) is 51.8 Å². The zero-order valence-electron chi connectivity index (χ0n) is 13.9. The Morgan fingerprint density at radius 2 is 1.96 bits per heavy atom. The highest BCUT2D eigenvalue weighted by molar-refractivity contribution is 6.34. The van der Waals surface area contributed by atoms with Crippen molar-refractivity contribution >= 4 is 29.3 Å². The fourth-order valence-corrected chi connectivity index (χ4v) is 3.28. The van der Waals surface area contributed by atoms with Gasteiger partial charge in [-0.1, -0.05) is 23.2 Å². The van der Waals surface area contributed by atoms with Crippen LogP contribution in [0, 0.1) is 0 Å². The van der Waals surface area contributed by atoms with Crippen LogP contribution in [0.5, 0.6) is 0 Å². The molecule has 0 aliphatic carbocycles. The topological polar surface area (TPSA) is 41.6 Å². The third kappa shape index (κ3) is 5.87. The van der Waals surface area contributed by atoms with E-state index in [9.17, 15) is 4.79 Å². The molecule has 0 aromatic heterocycles. The standard InChI is InChI=1S/C17H24Cl2N2O2/c1-17(2,3)23-16(22)21-6-4-5-15(21)11-20-10-12-7-13(18)9-14(19)8-12/h7-9,15,20H,4-6,10-11H2,1-3H3. The van der Waals surface area contributed by atoms with Crippen LogP contribution in [0.15, 0.2) is 18.2 Å². The first-order chi connectivity index (χ1) is 10.7. The van der Waals surface area contributed by atoms with Crippen LogP contribution in [0.1, 0.15) is 39.2 Å². The van der Waals surface area contributed by atoms with Gasteiger partial charge in [-0.25, -0.2) is 4.79 Å². The van der Waals surface area contributed by atoms with E-state index in [1.54, 1.807) is 6.07 Å². The van der Waals surface area contributed by atoms with Crippen LogP contribution >= 0.6 is 23.2 Å². The maximum atomic E-state index is 12.2. The molecule has 1 atom stereocenters. The Kier molecular flexibility index (Phi) is 6.18. The largest absolute Gasteiger partial charge is 0.444 e. The van der Waals surface area contributed by atoms with E-state index in [0.29, 0.717) is 16.6 Å². The maximum Gasteiger partial charge on any atom is 0.410 e. The number of nitrogens with zero attached hydrogens (tertiary/aromatic N) is 1. The molecule has 1 heterocycles. The summed E-state index contributed by atoms with van der Waals surface area (Å²) >= 11 is 12.0. The minimum absolute atomic E-state index is 0.166. The fraction of sp³-hybridized carbons (Fsp3) is 0.588. The average molecular weight is 359 g/mol. The van der Waals surface area contributed by atoms with Crippen LogP contribution in [0.25, 0.3) is 0 Å². The smallest absolute Gasteiger partial charge is 0.410 e. The van der Waals surface area contributed by atoms with Gasteiger partial charge >= 0.3 is 6.09 Å². The van der Waals surface area contributed by atoms with Crippen molar-refractivity contribution in [2.75, 3.05) is 13.1 Å². The Labute approximate surface area is 148 Å². The number of carbonyl (C=O) groups excluding carboxylic acids is 1. The van der Waals surface area contributed by atoms with Crippen molar-refractivity contribution in [3.8, 4) is 0 Å². The molecule has 1 aliphatic heterocycles. The monoisotopic (exact) mass is 358 g/mol. The van der Waals surface area contributed by atoms with E-state index >= 15 is 0 Å². The van der Waals surface area contributed by atoms with E-state index in [2.05, 4.69) is 5.32 Å². The molecule has 1 fully saturated rings. The third-order valence-electron chi connectivity index (χ3n) is 3.64. The van der Waals surface area contributed by atoms with Gasteiger partial charge in [0.05, 0.1) is 0 Å². The maximum absolute atomic E-state index is 12.2. The Balaban J connectivity index is 1.85. The van der Waals surface area contributed by atoms with Gasteiger partial charge in [0, 0.05) is 35.7 Å². The first kappa shape index (κ1) is 18.4. The predicted molar refractivity (Wildman–Crippen MR) is 94.1 cm³/mol. The number of benzene rings is 1. The second kappa shape index (κ2) is 7.73. The molecule has 1 aromatic rings. The minimum Gasteiger partial charge on any atom is -0.444 e. The predicted octanol–water partition coefficient (Wildman–Crippen LogP) is 4.48. The number of rotatable bonds is 4. The normalized spacial score (nSPS) is 18.3. The van der Waals surface area contributed by atoms with Crippen LogP contribution < -0.4 is 5.32 Å². The second-order valence-corrected chi connectivity index (χ2v) is 7.75. The number of amides is 1. The highest BCUT2D eigenvalue weighted by Gasteiger charge is 2.31. The summed E-state index contributed by atoms with van der Waals surface area (Å²) in [7, 11) is 0. The van der Waals surface area contributed by atoms with Gasteiger partial charge in [-0.2, -0.15) is 0 Å². The Bertz CT molecular complexity index is 538. The molecule has 0 bridgehead atoms. The molecule has 1 aromatic carbocycles. The van der Waals surface area contributed by atoms with Gasteiger partial charge < -0.3 is 15.0 Å². The lowest BCUT2D eigenvalue weighted by Gasteiger charge is -2.28. The summed E-state index contributed by atoms with van der Waals surface area (Å²) in [5.41, 5.74) is 0.569. The molecule has 1 saturated heterocycles.